The zero-order valence-electron chi connectivity index (χ0n) is 13.4. The van der Waals surface area contributed by atoms with Crippen LogP contribution in [0.15, 0.2) is 18.2 Å². The van der Waals surface area contributed by atoms with Crippen LogP contribution in [-0.4, -0.2) is 62.8 Å². The number of benzene rings is 1. The van der Waals surface area contributed by atoms with E-state index in [0.29, 0.717) is 6.54 Å². The second kappa shape index (κ2) is 8.25. The molecule has 0 saturated carbocycles. The van der Waals surface area contributed by atoms with Crippen LogP contribution in [0.3, 0.4) is 0 Å². The van der Waals surface area contributed by atoms with Crippen molar-refractivity contribution in [2.24, 2.45) is 0 Å². The molecule has 0 aliphatic rings. The van der Waals surface area contributed by atoms with Crippen molar-refractivity contribution in [3.05, 3.63) is 29.3 Å². The van der Waals surface area contributed by atoms with Gasteiger partial charge in [0.15, 0.2) is 0 Å². The molecule has 20 heavy (non-hydrogen) atoms. The summed E-state index contributed by atoms with van der Waals surface area (Å²) < 4.78 is 5.33. The molecule has 0 aliphatic heterocycles. The van der Waals surface area contributed by atoms with Gasteiger partial charge in [-0.05, 0) is 59.7 Å². The molecule has 0 aromatic heterocycles. The molecule has 0 saturated heterocycles. The Labute approximate surface area is 123 Å². The first kappa shape index (κ1) is 17.0. The van der Waals surface area contributed by atoms with Crippen LogP contribution in [0, 0.1) is 6.92 Å². The maximum Gasteiger partial charge on any atom is 0.124 e. The van der Waals surface area contributed by atoms with Gasteiger partial charge in [-0.2, -0.15) is 0 Å². The Hall–Kier alpha value is -1.10. The third-order valence-electron chi connectivity index (χ3n) is 3.37. The quantitative estimate of drug-likeness (QED) is 0.789. The number of hydrogen-bond donors (Lipinski definition) is 1. The van der Waals surface area contributed by atoms with Gasteiger partial charge in [-0.1, -0.05) is 11.6 Å². The maximum absolute atomic E-state index is 10.4. The number of ether oxygens (including phenoxy) is 1. The van der Waals surface area contributed by atoms with Gasteiger partial charge in [-0.3, -0.25) is 0 Å². The molecule has 4 heteroatoms. The van der Waals surface area contributed by atoms with Crippen LogP contribution in [0.4, 0.5) is 0 Å². The highest BCUT2D eigenvalue weighted by atomic mass is 16.5. The Bertz CT molecular complexity index is 407. The van der Waals surface area contributed by atoms with Gasteiger partial charge in [0.25, 0.3) is 0 Å². The van der Waals surface area contributed by atoms with Crippen molar-refractivity contribution >= 4 is 0 Å². The van der Waals surface area contributed by atoms with E-state index in [4.69, 9.17) is 4.74 Å². The summed E-state index contributed by atoms with van der Waals surface area (Å²) in [6.07, 6.45) is 0.579. The molecule has 0 aliphatic carbocycles. The van der Waals surface area contributed by atoms with Crippen LogP contribution in [-0.2, 0) is 0 Å². The molecule has 114 valence electrons. The van der Waals surface area contributed by atoms with Gasteiger partial charge >= 0.3 is 0 Å². The third kappa shape index (κ3) is 5.49. The van der Waals surface area contributed by atoms with Crippen molar-refractivity contribution in [3.8, 4) is 5.75 Å². The van der Waals surface area contributed by atoms with E-state index in [1.807, 2.05) is 32.2 Å². The first-order valence-corrected chi connectivity index (χ1v) is 7.10. The lowest BCUT2D eigenvalue weighted by atomic mass is 10.0. The lowest BCUT2D eigenvalue weighted by Crippen LogP contribution is -2.28. The Morgan fingerprint density at radius 1 is 1.20 bits per heavy atom. The molecular weight excluding hydrogens is 252 g/mol. The average Bonchev–Trinajstić information content (AvgIpc) is 2.38. The smallest absolute Gasteiger partial charge is 0.124 e. The first-order valence-electron chi connectivity index (χ1n) is 7.10. The van der Waals surface area contributed by atoms with Gasteiger partial charge in [-0.25, -0.2) is 0 Å². The Kier molecular flexibility index (Phi) is 6.99. The van der Waals surface area contributed by atoms with Crippen molar-refractivity contribution in [2.75, 3.05) is 47.9 Å². The summed E-state index contributed by atoms with van der Waals surface area (Å²) in [4.78, 5) is 4.34. The highest BCUT2D eigenvalue weighted by Crippen LogP contribution is 2.26. The van der Waals surface area contributed by atoms with Crippen LogP contribution in [0.25, 0.3) is 0 Å². The van der Waals surface area contributed by atoms with Crippen LogP contribution < -0.4 is 4.74 Å². The number of rotatable bonds is 8. The Balaban J connectivity index is 2.57. The van der Waals surface area contributed by atoms with E-state index in [2.05, 4.69) is 23.9 Å². The standard InChI is InChI=1S/C16H28N2O2/c1-13-7-8-16(20-5)14(11-13)15(19)12-18(4)10-6-9-17(2)3/h7-8,11,15,19H,6,9-10,12H2,1-5H3. The van der Waals surface area contributed by atoms with Crippen molar-refractivity contribution < 1.29 is 9.84 Å². The average molecular weight is 280 g/mol. The van der Waals surface area contributed by atoms with Crippen molar-refractivity contribution in [1.29, 1.82) is 0 Å². The second-order valence-electron chi connectivity index (χ2n) is 5.68. The fourth-order valence-corrected chi connectivity index (χ4v) is 2.26. The lowest BCUT2D eigenvalue weighted by Gasteiger charge is -2.23. The van der Waals surface area contributed by atoms with Gasteiger partial charge in [-0.15, -0.1) is 0 Å². The molecule has 0 amide bonds. The molecule has 1 aromatic carbocycles. The molecule has 1 N–H and O–H groups in total. The van der Waals surface area contributed by atoms with Crippen molar-refractivity contribution in [1.82, 2.24) is 9.80 Å². The van der Waals surface area contributed by atoms with Crippen LogP contribution >= 0.6 is 0 Å². The zero-order chi connectivity index (χ0) is 15.1. The van der Waals surface area contributed by atoms with E-state index in [0.717, 1.165) is 36.4 Å². The molecule has 1 atom stereocenters. The minimum absolute atomic E-state index is 0.519. The number of nitrogens with zero attached hydrogens (tertiary/aromatic N) is 2. The normalized spacial score (nSPS) is 13.0. The third-order valence-corrected chi connectivity index (χ3v) is 3.37. The number of hydrogen-bond acceptors (Lipinski definition) is 4. The van der Waals surface area contributed by atoms with Gasteiger partial charge in [0, 0.05) is 12.1 Å². The van der Waals surface area contributed by atoms with Gasteiger partial charge < -0.3 is 19.6 Å². The van der Waals surface area contributed by atoms with Gasteiger partial charge in [0.05, 0.1) is 13.2 Å². The van der Waals surface area contributed by atoms with E-state index >= 15 is 0 Å². The summed E-state index contributed by atoms with van der Waals surface area (Å²) in [6.45, 7) is 4.68. The number of aliphatic hydroxyl groups excluding tert-OH is 1. The summed E-state index contributed by atoms with van der Waals surface area (Å²) in [5.74, 6) is 0.754. The highest BCUT2D eigenvalue weighted by molar-refractivity contribution is 5.38. The highest BCUT2D eigenvalue weighted by Gasteiger charge is 2.15. The number of methoxy groups -OCH3 is 1. The molecular formula is C16H28N2O2. The summed E-state index contributed by atoms with van der Waals surface area (Å²) in [7, 11) is 7.84. The molecule has 1 aromatic rings. The Morgan fingerprint density at radius 2 is 1.90 bits per heavy atom. The van der Waals surface area contributed by atoms with Gasteiger partial charge in [0.1, 0.15) is 5.75 Å². The minimum Gasteiger partial charge on any atom is -0.496 e. The molecule has 0 fully saturated rings. The summed E-state index contributed by atoms with van der Waals surface area (Å²) in [5.41, 5.74) is 2.00. The van der Waals surface area contributed by atoms with Crippen molar-refractivity contribution in [3.63, 3.8) is 0 Å². The topological polar surface area (TPSA) is 35.9 Å². The number of likely N-dealkylation sites (N-methyl/N-ethyl adjacent to an activating group) is 1. The number of aliphatic hydroxyl groups is 1. The molecule has 0 spiro atoms. The molecule has 0 bridgehead atoms. The monoisotopic (exact) mass is 280 g/mol. The van der Waals surface area contributed by atoms with Gasteiger partial charge in [0.2, 0.25) is 0 Å². The summed E-state index contributed by atoms with van der Waals surface area (Å²) >= 11 is 0. The maximum atomic E-state index is 10.4. The first-order chi connectivity index (χ1) is 9.43. The van der Waals surface area contributed by atoms with E-state index < -0.39 is 6.10 Å². The largest absolute Gasteiger partial charge is 0.496 e. The number of aryl methyl sites for hydroxylation is 1. The van der Waals surface area contributed by atoms with E-state index in [-0.39, 0.29) is 0 Å². The summed E-state index contributed by atoms with van der Waals surface area (Å²) in [6, 6.07) is 5.91. The predicted octanol–water partition coefficient (Wildman–Crippen LogP) is 1.92. The minimum atomic E-state index is -0.519. The molecule has 0 heterocycles. The predicted molar refractivity (Wildman–Crippen MR) is 83.4 cm³/mol. The van der Waals surface area contributed by atoms with Crippen molar-refractivity contribution in [2.45, 2.75) is 19.4 Å². The second-order valence-corrected chi connectivity index (χ2v) is 5.68. The Morgan fingerprint density at radius 3 is 2.50 bits per heavy atom. The molecule has 1 rings (SSSR count). The lowest BCUT2D eigenvalue weighted by molar-refractivity contribution is 0.122. The molecule has 0 radical (unpaired) electrons. The zero-order valence-corrected chi connectivity index (χ0v) is 13.4. The van der Waals surface area contributed by atoms with E-state index in [1.54, 1.807) is 7.11 Å². The van der Waals surface area contributed by atoms with E-state index in [9.17, 15) is 5.11 Å². The fourth-order valence-electron chi connectivity index (χ4n) is 2.26. The summed E-state index contributed by atoms with van der Waals surface area (Å²) in [5, 5.41) is 10.4. The molecule has 1 unspecified atom stereocenters. The fraction of sp³-hybridized carbons (Fsp3) is 0.625. The SMILES string of the molecule is COc1ccc(C)cc1C(O)CN(C)CCCN(C)C. The van der Waals surface area contributed by atoms with Crippen LogP contribution in [0.2, 0.25) is 0 Å². The van der Waals surface area contributed by atoms with Crippen LogP contribution in [0.5, 0.6) is 5.75 Å². The van der Waals surface area contributed by atoms with Crippen LogP contribution in [0.1, 0.15) is 23.7 Å². The van der Waals surface area contributed by atoms with E-state index in [1.165, 1.54) is 0 Å². The molecule has 4 nitrogen and oxygen atoms in total.